The third kappa shape index (κ3) is 3.78. The van der Waals surface area contributed by atoms with Crippen molar-refractivity contribution >= 4 is 11.8 Å². The number of thioether (sulfide) groups is 1. The second-order valence-corrected chi connectivity index (χ2v) is 5.74. The monoisotopic (exact) mass is 288 g/mol. The van der Waals surface area contributed by atoms with E-state index < -0.39 is 6.10 Å². The van der Waals surface area contributed by atoms with Gasteiger partial charge in [0.25, 0.3) is 0 Å². The van der Waals surface area contributed by atoms with Gasteiger partial charge in [0.15, 0.2) is 0 Å². The molecule has 1 N–H and O–H groups in total. The maximum atomic E-state index is 10.4. The Balaban J connectivity index is 2.11. The highest BCUT2D eigenvalue weighted by molar-refractivity contribution is 7.99. The lowest BCUT2D eigenvalue weighted by Gasteiger charge is -2.13. The zero-order valence-electron chi connectivity index (χ0n) is 11.9. The predicted molar refractivity (Wildman–Crippen MR) is 84.5 cm³/mol. The molecule has 0 saturated heterocycles. The molecule has 0 bridgehead atoms. The Bertz CT molecular complexity index is 470. The van der Waals surface area contributed by atoms with Crippen molar-refractivity contribution in [3.63, 3.8) is 0 Å². The number of benzene rings is 2. The van der Waals surface area contributed by atoms with E-state index in [4.69, 9.17) is 4.74 Å². The van der Waals surface area contributed by atoms with Crippen LogP contribution in [-0.4, -0.2) is 17.5 Å². The molecule has 0 aromatic heterocycles. The van der Waals surface area contributed by atoms with Crippen LogP contribution in [0.25, 0.3) is 0 Å². The van der Waals surface area contributed by atoms with E-state index in [-0.39, 0.29) is 0 Å². The van der Waals surface area contributed by atoms with Crippen LogP contribution in [0.2, 0.25) is 0 Å². The number of rotatable bonds is 6. The van der Waals surface area contributed by atoms with Crippen LogP contribution < -0.4 is 4.74 Å². The summed E-state index contributed by atoms with van der Waals surface area (Å²) in [6.45, 7) is 4.74. The van der Waals surface area contributed by atoms with Gasteiger partial charge < -0.3 is 9.84 Å². The topological polar surface area (TPSA) is 29.5 Å². The Morgan fingerprint density at radius 3 is 2.00 bits per heavy atom. The number of hydrogen-bond acceptors (Lipinski definition) is 3. The third-order valence-electron chi connectivity index (χ3n) is 3.01. The summed E-state index contributed by atoms with van der Waals surface area (Å²) in [7, 11) is 0. The summed E-state index contributed by atoms with van der Waals surface area (Å²) >= 11 is 1.80. The first-order chi connectivity index (χ1) is 9.74. The minimum Gasteiger partial charge on any atom is -0.494 e. The molecule has 0 amide bonds. The molecule has 2 aromatic rings. The Hall–Kier alpha value is -1.45. The molecule has 2 rings (SSSR count). The molecule has 2 nitrogen and oxygen atoms in total. The lowest BCUT2D eigenvalue weighted by Crippen LogP contribution is -2.00. The average molecular weight is 288 g/mol. The van der Waals surface area contributed by atoms with Crippen LogP contribution in [0, 0.1) is 0 Å². The van der Waals surface area contributed by atoms with Gasteiger partial charge in [-0.2, -0.15) is 0 Å². The Morgan fingerprint density at radius 1 is 0.950 bits per heavy atom. The highest BCUT2D eigenvalue weighted by atomic mass is 32.2. The maximum absolute atomic E-state index is 10.4. The molecule has 0 spiro atoms. The minimum atomic E-state index is -0.591. The summed E-state index contributed by atoms with van der Waals surface area (Å²) < 4.78 is 5.40. The van der Waals surface area contributed by atoms with E-state index >= 15 is 0 Å². The number of aliphatic hydroxyl groups excluding tert-OH is 1. The summed E-state index contributed by atoms with van der Waals surface area (Å²) in [6.07, 6.45) is -0.591. The molecule has 0 heterocycles. The van der Waals surface area contributed by atoms with Gasteiger partial charge in [-0.15, -0.1) is 11.8 Å². The van der Waals surface area contributed by atoms with Gasteiger partial charge in [0.1, 0.15) is 11.9 Å². The van der Waals surface area contributed by atoms with Crippen molar-refractivity contribution in [1.29, 1.82) is 0 Å². The average Bonchev–Trinajstić information content (AvgIpc) is 2.49. The Kier molecular flexibility index (Phi) is 5.50. The van der Waals surface area contributed by atoms with Gasteiger partial charge in [0.2, 0.25) is 0 Å². The second kappa shape index (κ2) is 7.36. The molecule has 20 heavy (non-hydrogen) atoms. The van der Waals surface area contributed by atoms with Gasteiger partial charge in [-0.3, -0.25) is 0 Å². The molecule has 1 unspecified atom stereocenters. The molecular formula is C17H20O2S. The van der Waals surface area contributed by atoms with Gasteiger partial charge in [-0.25, -0.2) is 0 Å². The normalized spacial score (nSPS) is 12.2. The number of hydrogen-bond donors (Lipinski definition) is 1. The minimum absolute atomic E-state index is 0.591. The van der Waals surface area contributed by atoms with Crippen LogP contribution in [0.3, 0.4) is 0 Å². The largest absolute Gasteiger partial charge is 0.494 e. The summed E-state index contributed by atoms with van der Waals surface area (Å²) in [5.41, 5.74) is 1.79. The zero-order chi connectivity index (χ0) is 14.4. The van der Waals surface area contributed by atoms with E-state index in [1.165, 1.54) is 4.90 Å². The van der Waals surface area contributed by atoms with Gasteiger partial charge >= 0.3 is 0 Å². The predicted octanol–water partition coefficient (Wildman–Crippen LogP) is 4.28. The first kappa shape index (κ1) is 14.9. The number of aliphatic hydroxyl groups is 1. The van der Waals surface area contributed by atoms with Crippen molar-refractivity contribution in [1.82, 2.24) is 0 Å². The van der Waals surface area contributed by atoms with Crippen LogP contribution in [0.15, 0.2) is 53.4 Å². The molecule has 0 fully saturated rings. The molecule has 0 aliphatic carbocycles. The second-order valence-electron chi connectivity index (χ2n) is 4.41. The van der Waals surface area contributed by atoms with Crippen LogP contribution >= 0.6 is 11.8 Å². The maximum Gasteiger partial charge on any atom is 0.119 e. The summed E-state index contributed by atoms with van der Waals surface area (Å²) in [5, 5.41) is 10.4. The molecule has 3 heteroatoms. The van der Waals surface area contributed by atoms with E-state index in [1.807, 2.05) is 43.3 Å². The van der Waals surface area contributed by atoms with Crippen molar-refractivity contribution in [3.8, 4) is 5.75 Å². The Morgan fingerprint density at radius 2 is 1.50 bits per heavy atom. The fourth-order valence-corrected chi connectivity index (χ4v) is 2.68. The quantitative estimate of drug-likeness (QED) is 0.805. The van der Waals surface area contributed by atoms with Crippen molar-refractivity contribution < 1.29 is 9.84 Å². The molecule has 0 radical (unpaired) electrons. The molecule has 1 atom stereocenters. The standard InChI is InChI=1S/C17H20O2S/c1-3-19-15-9-5-13(6-10-15)17(18)14-7-11-16(12-8-14)20-4-2/h5-12,17-18H,3-4H2,1-2H3. The van der Waals surface area contributed by atoms with Crippen molar-refractivity contribution in [2.45, 2.75) is 24.8 Å². The molecule has 0 saturated carbocycles. The van der Waals surface area contributed by atoms with Crippen molar-refractivity contribution in [3.05, 3.63) is 59.7 Å². The van der Waals surface area contributed by atoms with Crippen molar-refractivity contribution in [2.24, 2.45) is 0 Å². The molecule has 106 valence electrons. The number of ether oxygens (including phenoxy) is 1. The fourth-order valence-electron chi connectivity index (χ4n) is 2.02. The first-order valence-electron chi connectivity index (χ1n) is 6.88. The van der Waals surface area contributed by atoms with Crippen LogP contribution in [-0.2, 0) is 0 Å². The smallest absolute Gasteiger partial charge is 0.119 e. The van der Waals surface area contributed by atoms with Crippen molar-refractivity contribution in [2.75, 3.05) is 12.4 Å². The highest BCUT2D eigenvalue weighted by Crippen LogP contribution is 2.26. The fraction of sp³-hybridized carbons (Fsp3) is 0.294. The van der Waals surface area contributed by atoms with E-state index in [0.717, 1.165) is 22.6 Å². The molecule has 2 aromatic carbocycles. The summed E-state index contributed by atoms with van der Waals surface area (Å²) in [5.74, 6) is 1.89. The van der Waals surface area contributed by atoms with Gasteiger partial charge in [0.05, 0.1) is 6.61 Å². The highest BCUT2D eigenvalue weighted by Gasteiger charge is 2.10. The SMILES string of the molecule is CCOc1ccc(C(O)c2ccc(SCC)cc2)cc1. The molecule has 0 aliphatic rings. The molecular weight excluding hydrogens is 268 g/mol. The van der Waals surface area contributed by atoms with Crippen LogP contribution in [0.4, 0.5) is 0 Å². The van der Waals surface area contributed by atoms with E-state index in [0.29, 0.717) is 6.61 Å². The van der Waals surface area contributed by atoms with Gasteiger partial charge in [0, 0.05) is 4.90 Å². The summed E-state index contributed by atoms with van der Waals surface area (Å²) in [4.78, 5) is 1.23. The van der Waals surface area contributed by atoms with E-state index in [9.17, 15) is 5.11 Å². The summed E-state index contributed by atoms with van der Waals surface area (Å²) in [6, 6.07) is 15.7. The first-order valence-corrected chi connectivity index (χ1v) is 7.86. The van der Waals surface area contributed by atoms with Gasteiger partial charge in [-0.1, -0.05) is 31.2 Å². The van der Waals surface area contributed by atoms with Crippen LogP contribution in [0.1, 0.15) is 31.1 Å². The van der Waals surface area contributed by atoms with Gasteiger partial charge in [-0.05, 0) is 48.1 Å². The van der Waals surface area contributed by atoms with E-state index in [1.54, 1.807) is 11.8 Å². The van der Waals surface area contributed by atoms with Crippen LogP contribution in [0.5, 0.6) is 5.75 Å². The third-order valence-corrected chi connectivity index (χ3v) is 3.91. The van der Waals surface area contributed by atoms with E-state index in [2.05, 4.69) is 19.1 Å². The lowest BCUT2D eigenvalue weighted by atomic mass is 10.0. The Labute approximate surface area is 124 Å². The molecule has 0 aliphatic heterocycles. The lowest BCUT2D eigenvalue weighted by molar-refractivity contribution is 0.220. The zero-order valence-corrected chi connectivity index (χ0v) is 12.7.